The maximum absolute atomic E-state index is 6.07. The minimum Gasteiger partial charge on any atom is -0.497 e. The second-order valence-electron chi connectivity index (χ2n) is 10.6. The van der Waals surface area contributed by atoms with Gasteiger partial charge in [-0.2, -0.15) is 0 Å². The smallest absolute Gasteiger partial charge is 0.119 e. The van der Waals surface area contributed by atoms with Crippen LogP contribution < -0.4 is 9.47 Å². The summed E-state index contributed by atoms with van der Waals surface area (Å²) in [6, 6.07) is 27.8. The Labute approximate surface area is 232 Å². The summed E-state index contributed by atoms with van der Waals surface area (Å²) < 4.78 is 11.4. The Bertz CT molecular complexity index is 962. The van der Waals surface area contributed by atoms with E-state index in [1.807, 2.05) is 12.1 Å². The second kappa shape index (κ2) is 18.5. The molecule has 206 valence electrons. The summed E-state index contributed by atoms with van der Waals surface area (Å²) in [5.74, 6) is 2.03. The Morgan fingerprint density at radius 2 is 0.895 bits per heavy atom. The number of rotatable bonds is 20. The van der Waals surface area contributed by atoms with Crippen LogP contribution in [0.3, 0.4) is 0 Å². The van der Waals surface area contributed by atoms with Crippen LogP contribution in [0.4, 0.5) is 0 Å². The summed E-state index contributed by atoms with van der Waals surface area (Å²) in [5.41, 5.74) is 3.81. The average molecular weight is 515 g/mol. The van der Waals surface area contributed by atoms with E-state index >= 15 is 0 Å². The number of ether oxygens (including phenoxy) is 2. The Morgan fingerprint density at radius 1 is 0.474 bits per heavy atom. The van der Waals surface area contributed by atoms with Crippen molar-refractivity contribution in [1.82, 2.24) is 0 Å². The summed E-state index contributed by atoms with van der Waals surface area (Å²) in [4.78, 5) is 0. The topological polar surface area (TPSA) is 18.5 Å². The normalized spacial score (nSPS) is 11.8. The third-order valence-corrected chi connectivity index (χ3v) is 7.56. The molecule has 0 aliphatic carbocycles. The van der Waals surface area contributed by atoms with Gasteiger partial charge in [0, 0.05) is 5.92 Å². The minimum absolute atomic E-state index is 0.182. The maximum Gasteiger partial charge on any atom is 0.119 e. The lowest BCUT2D eigenvalue weighted by Gasteiger charge is -2.19. The molecule has 0 saturated heterocycles. The summed E-state index contributed by atoms with van der Waals surface area (Å²) >= 11 is 0. The summed E-state index contributed by atoms with van der Waals surface area (Å²) in [7, 11) is 1.71. The lowest BCUT2D eigenvalue weighted by molar-refractivity contribution is 0.304. The average Bonchev–Trinajstić information content (AvgIpc) is 2.97. The molecule has 0 aromatic heterocycles. The van der Waals surface area contributed by atoms with Crippen LogP contribution in [-0.4, -0.2) is 13.7 Å². The maximum atomic E-state index is 6.07. The van der Waals surface area contributed by atoms with Crippen LogP contribution in [0.1, 0.15) is 119 Å². The zero-order valence-corrected chi connectivity index (χ0v) is 24.0. The van der Waals surface area contributed by atoms with Gasteiger partial charge in [-0.15, -0.1) is 0 Å². The molecule has 3 rings (SSSR count). The fourth-order valence-corrected chi connectivity index (χ4v) is 5.26. The zero-order chi connectivity index (χ0) is 26.7. The van der Waals surface area contributed by atoms with Gasteiger partial charge in [-0.1, -0.05) is 145 Å². The van der Waals surface area contributed by atoms with Crippen LogP contribution in [0.15, 0.2) is 78.9 Å². The fraction of sp³-hybridized carbons (Fsp3) is 0.500. The number of unbranched alkanes of at least 4 members (excludes halogenated alkanes) is 13. The van der Waals surface area contributed by atoms with Gasteiger partial charge in [-0.05, 0) is 47.4 Å². The SMILES string of the molecule is CCCCCCCCCCCCCCCCOc1ccc(C(c2ccccc2)c2ccc(OC)cc2)cc1. The van der Waals surface area contributed by atoms with Crippen LogP contribution in [0, 0.1) is 0 Å². The zero-order valence-electron chi connectivity index (χ0n) is 24.0. The van der Waals surface area contributed by atoms with Crippen LogP contribution in [0.2, 0.25) is 0 Å². The third-order valence-electron chi connectivity index (χ3n) is 7.56. The number of methoxy groups -OCH3 is 1. The molecule has 0 fully saturated rings. The Morgan fingerprint density at radius 3 is 1.37 bits per heavy atom. The van der Waals surface area contributed by atoms with Crippen molar-refractivity contribution in [1.29, 1.82) is 0 Å². The molecule has 2 nitrogen and oxygen atoms in total. The van der Waals surface area contributed by atoms with Crippen LogP contribution in [0.5, 0.6) is 11.5 Å². The van der Waals surface area contributed by atoms with Crippen LogP contribution in [0.25, 0.3) is 0 Å². The third kappa shape index (κ3) is 10.9. The predicted octanol–water partition coefficient (Wildman–Crippen LogP) is 10.7. The molecule has 2 heteroatoms. The highest BCUT2D eigenvalue weighted by Gasteiger charge is 2.17. The van der Waals surface area contributed by atoms with E-state index < -0.39 is 0 Å². The van der Waals surface area contributed by atoms with Crippen molar-refractivity contribution in [3.8, 4) is 11.5 Å². The van der Waals surface area contributed by atoms with Gasteiger partial charge in [0.15, 0.2) is 0 Å². The van der Waals surface area contributed by atoms with Crippen molar-refractivity contribution >= 4 is 0 Å². The number of hydrogen-bond acceptors (Lipinski definition) is 2. The molecular formula is C36H50O2. The molecule has 1 atom stereocenters. The number of benzene rings is 3. The molecule has 0 bridgehead atoms. The monoisotopic (exact) mass is 514 g/mol. The summed E-state index contributed by atoms with van der Waals surface area (Å²) in [6.07, 6.45) is 19.3. The molecule has 0 aliphatic heterocycles. The number of hydrogen-bond donors (Lipinski definition) is 0. The molecule has 0 radical (unpaired) electrons. The molecule has 0 aliphatic rings. The first kappa shape index (κ1) is 29.8. The van der Waals surface area contributed by atoms with Crippen molar-refractivity contribution < 1.29 is 9.47 Å². The summed E-state index contributed by atoms with van der Waals surface area (Å²) in [6.45, 7) is 3.09. The van der Waals surface area contributed by atoms with Crippen molar-refractivity contribution in [2.75, 3.05) is 13.7 Å². The molecule has 3 aromatic rings. The van der Waals surface area contributed by atoms with Gasteiger partial charge in [0.25, 0.3) is 0 Å². The molecule has 1 unspecified atom stereocenters. The van der Waals surface area contributed by atoms with Crippen LogP contribution >= 0.6 is 0 Å². The van der Waals surface area contributed by atoms with Crippen molar-refractivity contribution in [2.45, 2.75) is 103 Å². The molecule has 0 amide bonds. The van der Waals surface area contributed by atoms with E-state index in [9.17, 15) is 0 Å². The molecule has 0 N–H and O–H groups in total. The van der Waals surface area contributed by atoms with Crippen LogP contribution in [-0.2, 0) is 0 Å². The first-order valence-electron chi connectivity index (χ1n) is 15.2. The predicted molar refractivity (Wildman–Crippen MR) is 163 cm³/mol. The van der Waals surface area contributed by atoms with E-state index in [0.717, 1.165) is 24.5 Å². The van der Waals surface area contributed by atoms with Gasteiger partial charge in [-0.25, -0.2) is 0 Å². The van der Waals surface area contributed by atoms with Gasteiger partial charge in [0.05, 0.1) is 13.7 Å². The van der Waals surface area contributed by atoms with Crippen molar-refractivity contribution in [3.63, 3.8) is 0 Å². The van der Waals surface area contributed by atoms with E-state index in [-0.39, 0.29) is 5.92 Å². The molecule has 0 heterocycles. The quantitative estimate of drug-likeness (QED) is 0.110. The largest absolute Gasteiger partial charge is 0.497 e. The van der Waals surface area contributed by atoms with E-state index in [1.54, 1.807) is 7.11 Å². The molecule has 38 heavy (non-hydrogen) atoms. The van der Waals surface area contributed by atoms with E-state index in [2.05, 4.69) is 73.7 Å². The van der Waals surface area contributed by atoms with E-state index in [0.29, 0.717) is 0 Å². The van der Waals surface area contributed by atoms with Crippen molar-refractivity contribution in [2.24, 2.45) is 0 Å². The highest BCUT2D eigenvalue weighted by atomic mass is 16.5. The molecule has 3 aromatic carbocycles. The summed E-state index contributed by atoms with van der Waals surface area (Å²) in [5, 5.41) is 0. The van der Waals surface area contributed by atoms with Gasteiger partial charge in [0.1, 0.15) is 11.5 Å². The van der Waals surface area contributed by atoms with Gasteiger partial charge < -0.3 is 9.47 Å². The van der Waals surface area contributed by atoms with Crippen molar-refractivity contribution in [3.05, 3.63) is 95.6 Å². The molecule has 0 spiro atoms. The van der Waals surface area contributed by atoms with Gasteiger partial charge >= 0.3 is 0 Å². The standard InChI is InChI=1S/C36H50O2/c1-3-4-5-6-7-8-9-10-11-12-13-14-15-19-30-38-35-28-24-33(25-29-35)36(31-20-17-16-18-21-31)32-22-26-34(37-2)27-23-32/h16-18,20-29,36H,3-15,19,30H2,1-2H3. The Balaban J connectivity index is 1.33. The van der Waals surface area contributed by atoms with Gasteiger partial charge in [0.2, 0.25) is 0 Å². The highest BCUT2D eigenvalue weighted by Crippen LogP contribution is 2.33. The minimum atomic E-state index is 0.182. The lowest BCUT2D eigenvalue weighted by atomic mass is 9.85. The van der Waals surface area contributed by atoms with E-state index in [1.165, 1.54) is 100 Å². The van der Waals surface area contributed by atoms with E-state index in [4.69, 9.17) is 9.47 Å². The van der Waals surface area contributed by atoms with Gasteiger partial charge in [-0.3, -0.25) is 0 Å². The first-order valence-corrected chi connectivity index (χ1v) is 15.2. The first-order chi connectivity index (χ1) is 18.8. The Kier molecular flexibility index (Phi) is 14.5. The fourth-order valence-electron chi connectivity index (χ4n) is 5.26. The highest BCUT2D eigenvalue weighted by molar-refractivity contribution is 5.45. The molecule has 0 saturated carbocycles. The second-order valence-corrected chi connectivity index (χ2v) is 10.6. The lowest BCUT2D eigenvalue weighted by Crippen LogP contribution is -2.04. The Hall–Kier alpha value is -2.74. The molecular weight excluding hydrogens is 464 g/mol.